The molecule has 3 rings (SSSR count). The Morgan fingerprint density at radius 3 is 2.87 bits per heavy atom. The Kier molecular flexibility index (Phi) is 4.75. The van der Waals surface area contributed by atoms with Gasteiger partial charge in [0.25, 0.3) is 0 Å². The molecular formula is C17H21FN2O3. The van der Waals surface area contributed by atoms with Gasteiger partial charge in [-0.15, -0.1) is 0 Å². The van der Waals surface area contributed by atoms with E-state index in [4.69, 9.17) is 15.2 Å². The zero-order chi connectivity index (χ0) is 16.4. The zero-order valence-electron chi connectivity index (χ0n) is 13.0. The van der Waals surface area contributed by atoms with E-state index in [2.05, 4.69) is 4.98 Å². The first-order chi connectivity index (χ1) is 11.1. The van der Waals surface area contributed by atoms with Crippen LogP contribution in [0.5, 0.6) is 5.88 Å². The highest BCUT2D eigenvalue weighted by molar-refractivity contribution is 5.82. The fraction of sp³-hybridized carbons (Fsp3) is 0.471. The predicted octanol–water partition coefficient (Wildman–Crippen LogP) is 1.79. The Morgan fingerprint density at radius 2 is 2.17 bits per heavy atom. The molecule has 1 fully saturated rings. The van der Waals surface area contributed by atoms with Crippen LogP contribution in [0.1, 0.15) is 18.4 Å². The van der Waals surface area contributed by atoms with E-state index in [-0.39, 0.29) is 24.4 Å². The van der Waals surface area contributed by atoms with Crippen molar-refractivity contribution in [2.45, 2.75) is 37.5 Å². The van der Waals surface area contributed by atoms with Crippen molar-refractivity contribution in [3.63, 3.8) is 0 Å². The standard InChI is InChI=1S/C17H21FN2O3/c1-22-16-7-3-10-2-5-13(18)12(17(10)20-16)8-14(21)15-6-4-11(19)9-23-15/h2-3,5,7,11,14-15,21H,4,6,8-9,19H2,1H3/t11-,14+,15+/m1/s1. The Hall–Kier alpha value is -1.76. The van der Waals surface area contributed by atoms with E-state index >= 15 is 0 Å². The number of nitrogens with zero attached hydrogens (tertiary/aromatic N) is 1. The van der Waals surface area contributed by atoms with Crippen LogP contribution in [-0.2, 0) is 11.2 Å². The largest absolute Gasteiger partial charge is 0.481 e. The number of nitrogens with two attached hydrogens (primary N) is 1. The molecule has 1 aromatic heterocycles. The second-order valence-electron chi connectivity index (χ2n) is 5.93. The molecule has 0 amide bonds. The second kappa shape index (κ2) is 6.78. The molecule has 5 nitrogen and oxygen atoms in total. The molecule has 1 aromatic carbocycles. The molecule has 0 aliphatic carbocycles. The van der Waals surface area contributed by atoms with Crippen molar-refractivity contribution in [1.82, 2.24) is 4.98 Å². The van der Waals surface area contributed by atoms with Crippen molar-refractivity contribution >= 4 is 10.9 Å². The van der Waals surface area contributed by atoms with Crippen LogP contribution in [0.25, 0.3) is 10.9 Å². The van der Waals surface area contributed by atoms with Gasteiger partial charge in [-0.1, -0.05) is 0 Å². The van der Waals surface area contributed by atoms with Gasteiger partial charge in [-0.05, 0) is 31.0 Å². The van der Waals surface area contributed by atoms with Crippen molar-refractivity contribution in [1.29, 1.82) is 0 Å². The molecule has 3 atom stereocenters. The number of aliphatic hydroxyl groups excluding tert-OH is 1. The number of aromatic nitrogens is 1. The summed E-state index contributed by atoms with van der Waals surface area (Å²) in [5.74, 6) is 0.0311. The molecule has 6 heteroatoms. The van der Waals surface area contributed by atoms with Gasteiger partial charge in [0.05, 0.1) is 31.4 Å². The molecule has 1 aliphatic rings. The van der Waals surface area contributed by atoms with E-state index < -0.39 is 6.10 Å². The van der Waals surface area contributed by atoms with Crippen LogP contribution in [0.4, 0.5) is 4.39 Å². The lowest BCUT2D eigenvalue weighted by Gasteiger charge is -2.30. The number of methoxy groups -OCH3 is 1. The molecule has 124 valence electrons. The first kappa shape index (κ1) is 16.1. The van der Waals surface area contributed by atoms with Gasteiger partial charge in [0.2, 0.25) is 5.88 Å². The fourth-order valence-electron chi connectivity index (χ4n) is 2.95. The maximum absolute atomic E-state index is 14.3. The van der Waals surface area contributed by atoms with E-state index in [1.165, 1.54) is 13.2 Å². The van der Waals surface area contributed by atoms with Crippen molar-refractivity contribution in [3.05, 3.63) is 35.6 Å². The summed E-state index contributed by atoms with van der Waals surface area (Å²) in [4.78, 5) is 4.33. The number of halogens is 1. The summed E-state index contributed by atoms with van der Waals surface area (Å²) in [5, 5.41) is 11.2. The number of ether oxygens (including phenoxy) is 2. The Balaban J connectivity index is 1.87. The summed E-state index contributed by atoms with van der Waals surface area (Å²) in [5.41, 5.74) is 6.68. The summed E-state index contributed by atoms with van der Waals surface area (Å²) in [6.45, 7) is 0.422. The summed E-state index contributed by atoms with van der Waals surface area (Å²) in [7, 11) is 1.51. The zero-order valence-corrected chi connectivity index (χ0v) is 13.0. The summed E-state index contributed by atoms with van der Waals surface area (Å²) >= 11 is 0. The molecule has 2 heterocycles. The molecule has 3 N–H and O–H groups in total. The molecule has 2 aromatic rings. The quantitative estimate of drug-likeness (QED) is 0.898. The van der Waals surface area contributed by atoms with Crippen LogP contribution in [0.15, 0.2) is 24.3 Å². The fourth-order valence-corrected chi connectivity index (χ4v) is 2.95. The molecule has 0 spiro atoms. The number of hydrogen-bond acceptors (Lipinski definition) is 5. The van der Waals surface area contributed by atoms with Crippen LogP contribution in [0.2, 0.25) is 0 Å². The highest BCUT2D eigenvalue weighted by atomic mass is 19.1. The molecule has 0 saturated carbocycles. The van der Waals surface area contributed by atoms with Gasteiger partial charge in [0.15, 0.2) is 0 Å². The third kappa shape index (κ3) is 3.44. The average molecular weight is 320 g/mol. The van der Waals surface area contributed by atoms with Gasteiger partial charge in [0, 0.05) is 29.5 Å². The number of hydrogen-bond donors (Lipinski definition) is 2. The summed E-state index contributed by atoms with van der Waals surface area (Å²) in [6.07, 6.45) is 0.492. The summed E-state index contributed by atoms with van der Waals surface area (Å²) in [6, 6.07) is 6.64. The number of benzene rings is 1. The van der Waals surface area contributed by atoms with Gasteiger partial charge < -0.3 is 20.3 Å². The Bertz CT molecular complexity index is 687. The molecule has 1 saturated heterocycles. The lowest BCUT2D eigenvalue weighted by molar-refractivity contribution is -0.0673. The average Bonchev–Trinajstić information content (AvgIpc) is 2.57. The molecule has 1 aliphatic heterocycles. The normalized spacial score (nSPS) is 23.0. The number of rotatable bonds is 4. The minimum absolute atomic E-state index is 0.0127. The van der Waals surface area contributed by atoms with Crippen molar-refractivity contribution < 1.29 is 19.0 Å². The Morgan fingerprint density at radius 1 is 1.39 bits per heavy atom. The predicted molar refractivity (Wildman–Crippen MR) is 84.9 cm³/mol. The smallest absolute Gasteiger partial charge is 0.213 e. The Labute approximate surface area is 134 Å². The van der Waals surface area contributed by atoms with Gasteiger partial charge in [-0.25, -0.2) is 9.37 Å². The van der Waals surface area contributed by atoms with Crippen molar-refractivity contribution in [3.8, 4) is 5.88 Å². The van der Waals surface area contributed by atoms with Crippen LogP contribution in [0, 0.1) is 5.82 Å². The number of fused-ring (bicyclic) bond motifs is 1. The van der Waals surface area contributed by atoms with Crippen molar-refractivity contribution in [2.24, 2.45) is 5.73 Å². The molecule has 0 radical (unpaired) electrons. The lowest BCUT2D eigenvalue weighted by atomic mass is 9.95. The second-order valence-corrected chi connectivity index (χ2v) is 5.93. The maximum Gasteiger partial charge on any atom is 0.213 e. The van der Waals surface area contributed by atoms with Gasteiger partial charge in [-0.2, -0.15) is 0 Å². The van der Waals surface area contributed by atoms with Crippen LogP contribution in [0.3, 0.4) is 0 Å². The van der Waals surface area contributed by atoms with E-state index in [0.29, 0.717) is 30.0 Å². The maximum atomic E-state index is 14.3. The molecule has 0 unspecified atom stereocenters. The van der Waals surface area contributed by atoms with E-state index in [9.17, 15) is 9.50 Å². The van der Waals surface area contributed by atoms with Crippen molar-refractivity contribution in [2.75, 3.05) is 13.7 Å². The van der Waals surface area contributed by atoms with Crippen LogP contribution < -0.4 is 10.5 Å². The van der Waals surface area contributed by atoms with E-state index in [0.717, 1.165) is 11.8 Å². The highest BCUT2D eigenvalue weighted by Gasteiger charge is 2.27. The van der Waals surface area contributed by atoms with Crippen LogP contribution >= 0.6 is 0 Å². The topological polar surface area (TPSA) is 77.6 Å². The third-order valence-electron chi connectivity index (χ3n) is 4.28. The summed E-state index contributed by atoms with van der Waals surface area (Å²) < 4.78 is 25.0. The molecular weight excluding hydrogens is 299 g/mol. The monoisotopic (exact) mass is 320 g/mol. The number of pyridine rings is 1. The van der Waals surface area contributed by atoms with Gasteiger partial charge in [-0.3, -0.25) is 0 Å². The molecule has 0 bridgehead atoms. The third-order valence-corrected chi connectivity index (χ3v) is 4.28. The lowest BCUT2D eigenvalue weighted by Crippen LogP contribution is -2.41. The highest BCUT2D eigenvalue weighted by Crippen LogP contribution is 2.26. The molecule has 23 heavy (non-hydrogen) atoms. The van der Waals surface area contributed by atoms with Gasteiger partial charge in [0.1, 0.15) is 5.82 Å². The minimum Gasteiger partial charge on any atom is -0.481 e. The number of aliphatic hydroxyl groups is 1. The van der Waals surface area contributed by atoms with E-state index in [1.54, 1.807) is 12.1 Å². The van der Waals surface area contributed by atoms with Crippen LogP contribution in [-0.4, -0.2) is 42.1 Å². The minimum atomic E-state index is -0.796. The van der Waals surface area contributed by atoms with E-state index in [1.807, 2.05) is 6.07 Å². The first-order valence-corrected chi connectivity index (χ1v) is 7.76. The van der Waals surface area contributed by atoms with Gasteiger partial charge >= 0.3 is 0 Å². The first-order valence-electron chi connectivity index (χ1n) is 7.76. The SMILES string of the molecule is COc1ccc2ccc(F)c(C[C@H](O)[C@@H]3CC[C@@H](N)CO3)c2n1.